The van der Waals surface area contributed by atoms with Gasteiger partial charge in [-0.3, -0.25) is 4.98 Å². The van der Waals surface area contributed by atoms with Crippen LogP contribution in [-0.4, -0.2) is 9.97 Å². The molecular weight excluding hydrogens is 289 g/mol. The van der Waals surface area contributed by atoms with Crippen LogP contribution in [-0.2, 0) is 0 Å². The van der Waals surface area contributed by atoms with Gasteiger partial charge in [-0.15, -0.1) is 0 Å². The molecule has 21 heavy (non-hydrogen) atoms. The number of pyridine rings is 2. The Balaban J connectivity index is 1.95. The zero-order chi connectivity index (χ0) is 14.7. The molecule has 0 aliphatic heterocycles. The Labute approximate surface area is 126 Å². The van der Waals surface area contributed by atoms with E-state index in [4.69, 9.17) is 11.6 Å². The molecule has 5 heteroatoms. The van der Waals surface area contributed by atoms with Crippen LogP contribution in [0.1, 0.15) is 0 Å². The van der Waals surface area contributed by atoms with Gasteiger partial charge >= 0.3 is 0 Å². The second-order valence-corrected chi connectivity index (χ2v) is 4.83. The number of rotatable bonds is 3. The molecule has 3 rings (SSSR count). The third-order valence-corrected chi connectivity index (χ3v) is 3.08. The van der Waals surface area contributed by atoms with Gasteiger partial charge in [0.1, 0.15) is 16.8 Å². The zero-order valence-corrected chi connectivity index (χ0v) is 11.7. The van der Waals surface area contributed by atoms with Gasteiger partial charge in [0.25, 0.3) is 0 Å². The highest BCUT2D eigenvalue weighted by Gasteiger charge is 2.05. The molecular formula is C16H11ClFN3. The van der Waals surface area contributed by atoms with E-state index in [2.05, 4.69) is 15.3 Å². The van der Waals surface area contributed by atoms with E-state index in [9.17, 15) is 4.39 Å². The largest absolute Gasteiger partial charge is 0.340 e. The lowest BCUT2D eigenvalue weighted by molar-refractivity contribution is 0.628. The topological polar surface area (TPSA) is 37.8 Å². The maximum atomic E-state index is 13.2. The quantitative estimate of drug-likeness (QED) is 0.714. The van der Waals surface area contributed by atoms with Crippen LogP contribution in [0.25, 0.3) is 11.1 Å². The van der Waals surface area contributed by atoms with E-state index in [1.54, 1.807) is 30.6 Å². The molecule has 0 fully saturated rings. The van der Waals surface area contributed by atoms with E-state index >= 15 is 0 Å². The van der Waals surface area contributed by atoms with E-state index in [1.807, 2.05) is 18.2 Å². The Kier molecular flexibility index (Phi) is 3.79. The van der Waals surface area contributed by atoms with Crippen molar-refractivity contribution in [3.8, 4) is 11.1 Å². The summed E-state index contributed by atoms with van der Waals surface area (Å²) in [6, 6.07) is 13.6. The Morgan fingerprint density at radius 2 is 1.90 bits per heavy atom. The van der Waals surface area contributed by atoms with Crippen molar-refractivity contribution in [2.45, 2.75) is 0 Å². The van der Waals surface area contributed by atoms with Gasteiger partial charge < -0.3 is 5.32 Å². The molecule has 2 heterocycles. The van der Waals surface area contributed by atoms with E-state index in [-0.39, 0.29) is 5.82 Å². The SMILES string of the molecule is Fc1cccc(Nc2cc(-c3cccnc3)cc(Cl)n2)c1. The van der Waals surface area contributed by atoms with E-state index < -0.39 is 0 Å². The molecule has 0 saturated carbocycles. The predicted octanol–water partition coefficient (Wildman–Crippen LogP) is 4.68. The third-order valence-electron chi connectivity index (χ3n) is 2.89. The molecule has 1 N–H and O–H groups in total. The number of halogens is 2. The summed E-state index contributed by atoms with van der Waals surface area (Å²) in [5, 5.41) is 3.40. The summed E-state index contributed by atoms with van der Waals surface area (Å²) in [4.78, 5) is 8.28. The Morgan fingerprint density at radius 1 is 1.00 bits per heavy atom. The summed E-state index contributed by atoms with van der Waals surface area (Å²) in [6.07, 6.45) is 3.45. The lowest BCUT2D eigenvalue weighted by Gasteiger charge is -2.08. The van der Waals surface area contributed by atoms with Crippen LogP contribution in [0.2, 0.25) is 5.15 Å². The van der Waals surface area contributed by atoms with Crippen LogP contribution < -0.4 is 5.32 Å². The van der Waals surface area contributed by atoms with Crippen LogP contribution in [0.3, 0.4) is 0 Å². The summed E-state index contributed by atoms with van der Waals surface area (Å²) in [5.41, 5.74) is 2.44. The van der Waals surface area contributed by atoms with Gasteiger partial charge in [-0.05, 0) is 42.0 Å². The van der Waals surface area contributed by atoms with Crippen molar-refractivity contribution >= 4 is 23.1 Å². The van der Waals surface area contributed by atoms with Crippen LogP contribution >= 0.6 is 11.6 Å². The van der Waals surface area contributed by atoms with Crippen molar-refractivity contribution in [1.29, 1.82) is 0 Å². The van der Waals surface area contributed by atoms with Gasteiger partial charge in [0.05, 0.1) is 0 Å². The van der Waals surface area contributed by atoms with Gasteiger partial charge in [0.2, 0.25) is 0 Å². The minimum absolute atomic E-state index is 0.311. The summed E-state index contributed by atoms with van der Waals surface area (Å²) in [5.74, 6) is 0.237. The monoisotopic (exact) mass is 299 g/mol. The molecule has 0 radical (unpaired) electrons. The lowest BCUT2D eigenvalue weighted by atomic mass is 10.1. The lowest BCUT2D eigenvalue weighted by Crippen LogP contribution is -1.95. The first-order valence-electron chi connectivity index (χ1n) is 6.31. The molecule has 2 aromatic heterocycles. The Morgan fingerprint density at radius 3 is 2.67 bits per heavy atom. The van der Waals surface area contributed by atoms with Crippen LogP contribution in [0, 0.1) is 5.82 Å². The predicted molar refractivity (Wildman–Crippen MR) is 82.2 cm³/mol. The Bertz CT molecular complexity index is 762. The maximum Gasteiger partial charge on any atom is 0.132 e. The number of benzene rings is 1. The second-order valence-electron chi connectivity index (χ2n) is 4.44. The summed E-state index contributed by atoms with van der Waals surface area (Å²) < 4.78 is 13.2. The number of nitrogens with zero attached hydrogens (tertiary/aromatic N) is 2. The fraction of sp³-hybridized carbons (Fsp3) is 0. The highest BCUT2D eigenvalue weighted by atomic mass is 35.5. The molecule has 0 aliphatic carbocycles. The van der Waals surface area contributed by atoms with Crippen LogP contribution in [0.5, 0.6) is 0 Å². The number of nitrogens with one attached hydrogen (secondary N) is 1. The van der Waals surface area contributed by atoms with Crippen molar-refractivity contribution in [3.05, 3.63) is 71.9 Å². The Hall–Kier alpha value is -2.46. The maximum absolute atomic E-state index is 13.2. The smallest absolute Gasteiger partial charge is 0.132 e. The molecule has 0 spiro atoms. The van der Waals surface area contributed by atoms with Gasteiger partial charge in [-0.25, -0.2) is 9.37 Å². The van der Waals surface area contributed by atoms with Gasteiger partial charge in [-0.1, -0.05) is 23.7 Å². The standard InChI is InChI=1S/C16H11ClFN3/c17-15-7-12(11-3-2-6-19-10-11)8-16(21-15)20-14-5-1-4-13(18)9-14/h1-10H,(H,20,21). The average molecular weight is 300 g/mol. The number of hydrogen-bond acceptors (Lipinski definition) is 3. The number of anilines is 2. The summed E-state index contributed by atoms with van der Waals surface area (Å²) in [6.45, 7) is 0. The second kappa shape index (κ2) is 5.89. The summed E-state index contributed by atoms with van der Waals surface area (Å²) in [7, 11) is 0. The minimum atomic E-state index is -0.311. The summed E-state index contributed by atoms with van der Waals surface area (Å²) >= 11 is 6.05. The molecule has 3 nitrogen and oxygen atoms in total. The molecule has 1 aromatic carbocycles. The van der Waals surface area contributed by atoms with Gasteiger partial charge in [0, 0.05) is 23.6 Å². The molecule has 3 aromatic rings. The van der Waals surface area contributed by atoms with E-state index in [0.29, 0.717) is 16.7 Å². The molecule has 0 unspecified atom stereocenters. The van der Waals surface area contributed by atoms with Gasteiger partial charge in [0.15, 0.2) is 0 Å². The number of hydrogen-bond donors (Lipinski definition) is 1. The molecule has 0 aliphatic rings. The van der Waals surface area contributed by atoms with Crippen LogP contribution in [0.4, 0.5) is 15.9 Å². The molecule has 0 saturated heterocycles. The van der Waals surface area contributed by atoms with Gasteiger partial charge in [-0.2, -0.15) is 0 Å². The van der Waals surface area contributed by atoms with Crippen molar-refractivity contribution in [2.24, 2.45) is 0 Å². The fourth-order valence-electron chi connectivity index (χ4n) is 1.98. The first-order valence-corrected chi connectivity index (χ1v) is 6.69. The molecule has 0 atom stereocenters. The average Bonchev–Trinajstić information content (AvgIpc) is 2.47. The van der Waals surface area contributed by atoms with E-state index in [1.165, 1.54) is 12.1 Å². The fourth-order valence-corrected chi connectivity index (χ4v) is 2.18. The highest BCUT2D eigenvalue weighted by Crippen LogP contribution is 2.26. The number of aromatic nitrogens is 2. The molecule has 0 bridgehead atoms. The third kappa shape index (κ3) is 3.35. The first-order chi connectivity index (χ1) is 10.2. The first kappa shape index (κ1) is 13.5. The van der Waals surface area contributed by atoms with Crippen molar-refractivity contribution < 1.29 is 4.39 Å². The van der Waals surface area contributed by atoms with Crippen LogP contribution in [0.15, 0.2) is 60.9 Å². The molecule has 0 amide bonds. The minimum Gasteiger partial charge on any atom is -0.340 e. The van der Waals surface area contributed by atoms with Crippen molar-refractivity contribution in [3.63, 3.8) is 0 Å². The highest BCUT2D eigenvalue weighted by molar-refractivity contribution is 6.29. The zero-order valence-electron chi connectivity index (χ0n) is 10.9. The van der Waals surface area contributed by atoms with E-state index in [0.717, 1.165) is 11.1 Å². The van der Waals surface area contributed by atoms with Crippen molar-refractivity contribution in [1.82, 2.24) is 9.97 Å². The molecule has 104 valence electrons. The van der Waals surface area contributed by atoms with Crippen molar-refractivity contribution in [2.75, 3.05) is 5.32 Å². The normalized spacial score (nSPS) is 10.4.